The molecule has 0 unspecified atom stereocenters. The Morgan fingerprint density at radius 3 is 1.55 bits per heavy atom. The number of nitrogens with zero attached hydrogens (tertiary/aromatic N) is 1. The Kier molecular flexibility index (Phi) is 16.4. The standard InChI is InChI=1S/C16H36N6O9P2/c1-2-17-5-3-14(23)19-8-7-18-6-4-15(24)20-9-10-21-16(25)11-22(12-32(26,27)28)13-33(29,30)31/h17-18H,2-13H2,1H3,(H,19,23)(H,20,24)(H,21,25)(H2,26,27,28)(H2,29,30,31). The molecule has 0 bridgehead atoms. The molecule has 0 spiro atoms. The maximum atomic E-state index is 11.8. The molecular formula is C16H36N6O9P2. The van der Waals surface area contributed by atoms with Crippen molar-refractivity contribution in [2.45, 2.75) is 19.8 Å². The molecule has 194 valence electrons. The molecule has 33 heavy (non-hydrogen) atoms. The highest BCUT2D eigenvalue weighted by molar-refractivity contribution is 7.52. The quantitative estimate of drug-likeness (QED) is 0.0611. The van der Waals surface area contributed by atoms with Crippen LogP contribution in [0, 0.1) is 0 Å². The van der Waals surface area contributed by atoms with Crippen LogP contribution in [0.25, 0.3) is 0 Å². The van der Waals surface area contributed by atoms with Gasteiger partial charge in [0.15, 0.2) is 0 Å². The summed E-state index contributed by atoms with van der Waals surface area (Å²) in [7, 11) is -9.24. The highest BCUT2D eigenvalue weighted by Crippen LogP contribution is 2.40. The molecule has 9 N–H and O–H groups in total. The summed E-state index contributed by atoms with van der Waals surface area (Å²) in [5, 5.41) is 13.8. The minimum atomic E-state index is -4.62. The molecule has 17 heteroatoms. The maximum Gasteiger partial charge on any atom is 0.339 e. The molecule has 0 atom stereocenters. The highest BCUT2D eigenvalue weighted by atomic mass is 31.2. The van der Waals surface area contributed by atoms with E-state index in [9.17, 15) is 23.5 Å². The summed E-state index contributed by atoms with van der Waals surface area (Å²) >= 11 is 0. The Hall–Kier alpha value is -1.41. The zero-order valence-corrected chi connectivity index (χ0v) is 20.4. The third-order valence-electron chi connectivity index (χ3n) is 3.84. The molecule has 0 aliphatic heterocycles. The van der Waals surface area contributed by atoms with E-state index in [0.717, 1.165) is 6.54 Å². The second-order valence-corrected chi connectivity index (χ2v) is 10.3. The van der Waals surface area contributed by atoms with Gasteiger partial charge in [-0.1, -0.05) is 6.92 Å². The van der Waals surface area contributed by atoms with Crippen molar-refractivity contribution >= 4 is 32.9 Å². The van der Waals surface area contributed by atoms with Gasteiger partial charge in [-0.15, -0.1) is 0 Å². The Bertz CT molecular complexity index is 676. The van der Waals surface area contributed by atoms with Crippen LogP contribution in [0.3, 0.4) is 0 Å². The van der Waals surface area contributed by atoms with Gasteiger partial charge < -0.3 is 46.2 Å². The Morgan fingerprint density at radius 2 is 1.09 bits per heavy atom. The predicted octanol–water partition coefficient (Wildman–Crippen LogP) is -3.11. The van der Waals surface area contributed by atoms with E-state index in [2.05, 4.69) is 26.6 Å². The summed E-state index contributed by atoms with van der Waals surface area (Å²) in [6, 6.07) is 0. The lowest BCUT2D eigenvalue weighted by Crippen LogP contribution is -2.41. The topological polar surface area (TPSA) is 230 Å². The van der Waals surface area contributed by atoms with Crippen LogP contribution >= 0.6 is 15.2 Å². The molecule has 0 aromatic rings. The van der Waals surface area contributed by atoms with Crippen molar-refractivity contribution < 1.29 is 43.1 Å². The van der Waals surface area contributed by atoms with Gasteiger partial charge in [-0.05, 0) is 6.54 Å². The van der Waals surface area contributed by atoms with E-state index in [4.69, 9.17) is 19.6 Å². The average Bonchev–Trinajstić information content (AvgIpc) is 2.65. The number of hydrogen-bond acceptors (Lipinski definition) is 8. The lowest BCUT2D eigenvalue weighted by atomic mass is 10.3. The van der Waals surface area contributed by atoms with Gasteiger partial charge in [0.2, 0.25) is 17.7 Å². The minimum Gasteiger partial charge on any atom is -0.355 e. The largest absolute Gasteiger partial charge is 0.355 e. The molecule has 0 saturated carbocycles. The first kappa shape index (κ1) is 31.6. The first-order chi connectivity index (χ1) is 15.3. The number of carbonyl (C=O) groups excluding carboxylic acids is 3. The number of hydrogen-bond donors (Lipinski definition) is 9. The molecule has 0 aromatic carbocycles. The van der Waals surface area contributed by atoms with Crippen molar-refractivity contribution in [2.24, 2.45) is 0 Å². The second-order valence-electron chi connectivity index (χ2n) is 7.09. The van der Waals surface area contributed by atoms with Crippen molar-refractivity contribution in [3.63, 3.8) is 0 Å². The van der Waals surface area contributed by atoms with Crippen molar-refractivity contribution in [3.8, 4) is 0 Å². The summed E-state index contributed by atoms with van der Waals surface area (Å²) in [6.45, 7) is 4.23. The van der Waals surface area contributed by atoms with Crippen LogP contribution < -0.4 is 26.6 Å². The van der Waals surface area contributed by atoms with Gasteiger partial charge in [-0.2, -0.15) is 0 Å². The first-order valence-corrected chi connectivity index (χ1v) is 13.9. The van der Waals surface area contributed by atoms with Crippen molar-refractivity contribution in [1.82, 2.24) is 31.5 Å². The minimum absolute atomic E-state index is 0.0244. The molecule has 15 nitrogen and oxygen atoms in total. The van der Waals surface area contributed by atoms with Crippen LogP contribution in [0.2, 0.25) is 0 Å². The third kappa shape index (κ3) is 22.2. The van der Waals surface area contributed by atoms with Crippen LogP contribution in [-0.2, 0) is 23.5 Å². The molecule has 3 amide bonds. The summed E-state index contributed by atoms with van der Waals surface area (Å²) in [6.07, 6.45) is -1.37. The molecule has 0 aliphatic rings. The van der Waals surface area contributed by atoms with E-state index in [-0.39, 0.29) is 31.3 Å². The molecular weight excluding hydrogens is 482 g/mol. The van der Waals surface area contributed by atoms with Gasteiger partial charge in [-0.3, -0.25) is 28.4 Å². The third-order valence-corrected chi connectivity index (χ3v) is 5.37. The van der Waals surface area contributed by atoms with Gasteiger partial charge in [-0.25, -0.2) is 0 Å². The Labute approximate surface area is 192 Å². The van der Waals surface area contributed by atoms with Gasteiger partial charge in [0.1, 0.15) is 12.6 Å². The number of rotatable bonds is 19. The maximum absolute atomic E-state index is 11.8. The molecule has 0 radical (unpaired) electrons. The van der Waals surface area contributed by atoms with Gasteiger partial charge >= 0.3 is 15.2 Å². The summed E-state index contributed by atoms with van der Waals surface area (Å²) in [5.41, 5.74) is 0. The SMILES string of the molecule is CCNCCC(=O)NCCNCCC(=O)NCCNC(=O)CN(CP(=O)(O)O)CP(=O)(O)O. The summed E-state index contributed by atoms with van der Waals surface area (Å²) in [5.74, 6) is -1.03. The number of amides is 3. The Balaban J connectivity index is 3.91. The molecule has 0 fully saturated rings. The van der Waals surface area contributed by atoms with Gasteiger partial charge in [0.25, 0.3) is 0 Å². The van der Waals surface area contributed by atoms with Gasteiger partial charge in [0, 0.05) is 52.1 Å². The van der Waals surface area contributed by atoms with Crippen LogP contribution in [0.4, 0.5) is 0 Å². The van der Waals surface area contributed by atoms with Gasteiger partial charge in [0.05, 0.1) is 6.54 Å². The normalized spacial score (nSPS) is 11.9. The lowest BCUT2D eigenvalue weighted by molar-refractivity contribution is -0.123. The first-order valence-electron chi connectivity index (χ1n) is 10.4. The number of carbonyl (C=O) groups is 3. The Morgan fingerprint density at radius 1 is 0.667 bits per heavy atom. The highest BCUT2D eigenvalue weighted by Gasteiger charge is 2.27. The van der Waals surface area contributed by atoms with Crippen LogP contribution in [0.5, 0.6) is 0 Å². The summed E-state index contributed by atoms with van der Waals surface area (Å²) < 4.78 is 22.1. The molecule has 0 saturated heterocycles. The van der Waals surface area contributed by atoms with E-state index < -0.39 is 40.2 Å². The van der Waals surface area contributed by atoms with Crippen molar-refractivity contribution in [2.75, 3.05) is 64.9 Å². The second kappa shape index (κ2) is 17.1. The van der Waals surface area contributed by atoms with Crippen molar-refractivity contribution in [3.05, 3.63) is 0 Å². The van der Waals surface area contributed by atoms with Crippen LogP contribution in [0.1, 0.15) is 19.8 Å². The van der Waals surface area contributed by atoms with E-state index in [1.807, 2.05) is 6.92 Å². The monoisotopic (exact) mass is 518 g/mol. The van der Waals surface area contributed by atoms with E-state index >= 15 is 0 Å². The fourth-order valence-electron chi connectivity index (χ4n) is 2.50. The fourth-order valence-corrected chi connectivity index (χ4v) is 4.10. The fraction of sp³-hybridized carbons (Fsp3) is 0.812. The molecule has 0 heterocycles. The van der Waals surface area contributed by atoms with E-state index in [1.165, 1.54) is 0 Å². The summed E-state index contributed by atoms with van der Waals surface area (Å²) in [4.78, 5) is 71.6. The zero-order valence-electron chi connectivity index (χ0n) is 18.7. The smallest absolute Gasteiger partial charge is 0.339 e. The average molecular weight is 518 g/mol. The van der Waals surface area contributed by atoms with Crippen LogP contribution in [-0.4, -0.2) is 107 Å². The number of nitrogens with one attached hydrogen (secondary N) is 5. The van der Waals surface area contributed by atoms with Crippen molar-refractivity contribution in [1.29, 1.82) is 0 Å². The van der Waals surface area contributed by atoms with E-state index in [1.54, 1.807) is 0 Å². The predicted molar refractivity (Wildman–Crippen MR) is 120 cm³/mol. The lowest BCUT2D eigenvalue weighted by Gasteiger charge is -2.22. The van der Waals surface area contributed by atoms with E-state index in [0.29, 0.717) is 37.5 Å². The molecule has 0 rings (SSSR count). The zero-order chi connectivity index (χ0) is 25.3. The molecule has 0 aliphatic carbocycles. The molecule has 0 aromatic heterocycles. The van der Waals surface area contributed by atoms with Crippen LogP contribution in [0.15, 0.2) is 0 Å².